The third kappa shape index (κ3) is 1.80. The standard InChI is InChI=1S/C14H14N2O4/c1-7-11(8(2)17)5-6-12-13(7)16(10(4)19)14(20)15(12)9(3)18/h5-6H,1-4H3. The van der Waals surface area contributed by atoms with Crippen molar-refractivity contribution < 1.29 is 14.4 Å². The molecule has 0 spiro atoms. The molecule has 20 heavy (non-hydrogen) atoms. The van der Waals surface area contributed by atoms with Crippen LogP contribution in [0.3, 0.4) is 0 Å². The van der Waals surface area contributed by atoms with Crippen molar-refractivity contribution in [3.63, 3.8) is 0 Å². The van der Waals surface area contributed by atoms with E-state index in [1.807, 2.05) is 0 Å². The van der Waals surface area contributed by atoms with Gasteiger partial charge in [0.2, 0.25) is 11.8 Å². The predicted molar refractivity (Wildman–Crippen MR) is 73.5 cm³/mol. The minimum absolute atomic E-state index is 0.164. The van der Waals surface area contributed by atoms with Crippen molar-refractivity contribution in [3.8, 4) is 0 Å². The molecule has 0 unspecified atom stereocenters. The second-order valence-electron chi connectivity index (χ2n) is 4.65. The molecule has 0 aliphatic heterocycles. The number of nitrogens with zero attached hydrogens (tertiary/aromatic N) is 2. The zero-order valence-corrected chi connectivity index (χ0v) is 11.7. The monoisotopic (exact) mass is 274 g/mol. The van der Waals surface area contributed by atoms with E-state index in [4.69, 9.17) is 0 Å². The van der Waals surface area contributed by atoms with Gasteiger partial charge in [-0.15, -0.1) is 0 Å². The van der Waals surface area contributed by atoms with Gasteiger partial charge in [0.1, 0.15) is 0 Å². The number of benzene rings is 1. The molecule has 0 fully saturated rings. The topological polar surface area (TPSA) is 78.1 Å². The minimum Gasteiger partial charge on any atom is -0.294 e. The number of hydrogen-bond donors (Lipinski definition) is 0. The van der Waals surface area contributed by atoms with Crippen LogP contribution in [0.5, 0.6) is 0 Å². The van der Waals surface area contributed by atoms with Gasteiger partial charge in [-0.2, -0.15) is 0 Å². The van der Waals surface area contributed by atoms with Crippen LogP contribution in [0.15, 0.2) is 16.9 Å². The van der Waals surface area contributed by atoms with Crippen molar-refractivity contribution >= 4 is 28.6 Å². The number of fused-ring (bicyclic) bond motifs is 1. The Morgan fingerprint density at radius 3 is 1.95 bits per heavy atom. The van der Waals surface area contributed by atoms with E-state index in [9.17, 15) is 19.2 Å². The first-order valence-corrected chi connectivity index (χ1v) is 6.07. The molecule has 6 nitrogen and oxygen atoms in total. The van der Waals surface area contributed by atoms with Gasteiger partial charge in [-0.1, -0.05) is 0 Å². The summed E-state index contributed by atoms with van der Waals surface area (Å²) in [5, 5.41) is 0. The summed E-state index contributed by atoms with van der Waals surface area (Å²) in [5.41, 5.74) is 0.880. The summed E-state index contributed by atoms with van der Waals surface area (Å²) < 4.78 is 1.87. The molecule has 0 atom stereocenters. The van der Waals surface area contributed by atoms with Gasteiger partial charge in [-0.3, -0.25) is 14.4 Å². The van der Waals surface area contributed by atoms with Gasteiger partial charge in [0.25, 0.3) is 0 Å². The van der Waals surface area contributed by atoms with Crippen molar-refractivity contribution in [2.24, 2.45) is 0 Å². The molecule has 2 aromatic rings. The number of rotatable bonds is 1. The van der Waals surface area contributed by atoms with E-state index in [0.717, 1.165) is 9.13 Å². The van der Waals surface area contributed by atoms with E-state index >= 15 is 0 Å². The van der Waals surface area contributed by atoms with Gasteiger partial charge < -0.3 is 0 Å². The summed E-state index contributed by atoms with van der Waals surface area (Å²) in [5.74, 6) is -1.14. The average Bonchev–Trinajstić information content (AvgIpc) is 2.62. The van der Waals surface area contributed by atoms with Crippen molar-refractivity contribution in [2.75, 3.05) is 0 Å². The van der Waals surface area contributed by atoms with E-state index in [1.165, 1.54) is 26.8 Å². The molecule has 2 rings (SSSR count). The molecule has 0 aliphatic rings. The number of ketones is 1. The van der Waals surface area contributed by atoms with E-state index < -0.39 is 17.5 Å². The Kier molecular flexibility index (Phi) is 3.17. The van der Waals surface area contributed by atoms with Gasteiger partial charge in [-0.25, -0.2) is 13.9 Å². The fraction of sp³-hybridized carbons (Fsp3) is 0.286. The Morgan fingerprint density at radius 2 is 1.50 bits per heavy atom. The first-order chi connectivity index (χ1) is 9.27. The molecule has 0 aliphatic carbocycles. The first kappa shape index (κ1) is 13.9. The van der Waals surface area contributed by atoms with Crippen LogP contribution in [0.2, 0.25) is 0 Å². The third-order valence-electron chi connectivity index (χ3n) is 3.27. The lowest BCUT2D eigenvalue weighted by Gasteiger charge is -2.05. The predicted octanol–water partition coefficient (Wildman–Crippen LogP) is 1.63. The van der Waals surface area contributed by atoms with E-state index in [-0.39, 0.29) is 5.78 Å². The molecule has 104 valence electrons. The van der Waals surface area contributed by atoms with Crippen LogP contribution in [0, 0.1) is 6.92 Å². The van der Waals surface area contributed by atoms with E-state index in [1.54, 1.807) is 13.0 Å². The molecule has 1 heterocycles. The molecule has 6 heteroatoms. The van der Waals surface area contributed by atoms with Crippen LogP contribution < -0.4 is 5.69 Å². The van der Waals surface area contributed by atoms with Gasteiger partial charge in [0.15, 0.2) is 5.78 Å². The van der Waals surface area contributed by atoms with Crippen LogP contribution in [0.4, 0.5) is 0 Å². The summed E-state index contributed by atoms with van der Waals surface area (Å²) in [6.45, 7) is 5.56. The Labute approximate surface area is 114 Å². The molecule has 0 amide bonds. The van der Waals surface area contributed by atoms with Crippen LogP contribution in [0.1, 0.15) is 46.3 Å². The SMILES string of the molecule is CC(=O)c1ccc2c(c1C)n(C(C)=O)c(=O)n2C(C)=O. The van der Waals surface area contributed by atoms with Gasteiger partial charge in [0, 0.05) is 19.4 Å². The summed E-state index contributed by atoms with van der Waals surface area (Å²) >= 11 is 0. The highest BCUT2D eigenvalue weighted by Gasteiger charge is 2.21. The molecule has 0 saturated carbocycles. The summed E-state index contributed by atoms with van der Waals surface area (Å²) in [6.07, 6.45) is 0. The lowest BCUT2D eigenvalue weighted by atomic mass is 10.0. The maximum Gasteiger partial charge on any atom is 0.342 e. The molecule has 1 aromatic carbocycles. The average molecular weight is 274 g/mol. The Bertz CT molecular complexity index is 824. The van der Waals surface area contributed by atoms with Crippen LogP contribution in [-0.2, 0) is 0 Å². The smallest absolute Gasteiger partial charge is 0.294 e. The lowest BCUT2D eigenvalue weighted by molar-refractivity contribution is 0.0923. The van der Waals surface area contributed by atoms with E-state index in [0.29, 0.717) is 22.2 Å². The van der Waals surface area contributed by atoms with Crippen LogP contribution in [0.25, 0.3) is 11.0 Å². The number of Topliss-reactive ketones (excluding diaryl/α,β-unsaturated/α-hetero) is 1. The van der Waals surface area contributed by atoms with E-state index in [2.05, 4.69) is 0 Å². The second kappa shape index (κ2) is 4.56. The largest absolute Gasteiger partial charge is 0.342 e. The molecule has 0 N–H and O–H groups in total. The van der Waals surface area contributed by atoms with Crippen molar-refractivity contribution in [1.29, 1.82) is 0 Å². The summed E-state index contributed by atoms with van der Waals surface area (Å²) in [7, 11) is 0. The quantitative estimate of drug-likeness (QED) is 0.740. The Morgan fingerprint density at radius 1 is 0.950 bits per heavy atom. The van der Waals surface area contributed by atoms with Gasteiger partial charge >= 0.3 is 5.69 Å². The molecule has 0 radical (unpaired) electrons. The third-order valence-corrected chi connectivity index (χ3v) is 3.27. The number of imidazole rings is 1. The molecule has 0 saturated heterocycles. The lowest BCUT2D eigenvalue weighted by Crippen LogP contribution is -2.30. The molecule has 1 aromatic heterocycles. The molecular weight excluding hydrogens is 260 g/mol. The first-order valence-electron chi connectivity index (χ1n) is 6.07. The Hall–Kier alpha value is -2.50. The van der Waals surface area contributed by atoms with Crippen molar-refractivity contribution in [3.05, 3.63) is 33.7 Å². The summed E-state index contributed by atoms with van der Waals surface area (Å²) in [4.78, 5) is 47.1. The zero-order valence-electron chi connectivity index (χ0n) is 11.7. The summed E-state index contributed by atoms with van der Waals surface area (Å²) in [6, 6.07) is 3.07. The highest BCUT2D eigenvalue weighted by molar-refractivity contribution is 6.03. The fourth-order valence-electron chi connectivity index (χ4n) is 2.43. The van der Waals surface area contributed by atoms with Gasteiger partial charge in [-0.05, 0) is 31.5 Å². The normalized spacial score (nSPS) is 10.8. The minimum atomic E-state index is -0.705. The number of aryl methyl sites for hydroxylation is 1. The maximum atomic E-state index is 12.2. The number of carbonyl (C=O) groups excluding carboxylic acids is 3. The zero-order chi connectivity index (χ0) is 15.2. The second-order valence-corrected chi connectivity index (χ2v) is 4.65. The van der Waals surface area contributed by atoms with Crippen molar-refractivity contribution in [1.82, 2.24) is 9.13 Å². The van der Waals surface area contributed by atoms with Crippen LogP contribution in [-0.4, -0.2) is 26.7 Å². The highest BCUT2D eigenvalue weighted by Crippen LogP contribution is 2.22. The maximum absolute atomic E-state index is 12.2. The molecular formula is C14H14N2O4. The number of carbonyl (C=O) groups is 3. The number of hydrogen-bond acceptors (Lipinski definition) is 4. The van der Waals surface area contributed by atoms with Crippen LogP contribution >= 0.6 is 0 Å². The Balaban J connectivity index is 3.10. The van der Waals surface area contributed by atoms with Crippen molar-refractivity contribution in [2.45, 2.75) is 27.7 Å². The van der Waals surface area contributed by atoms with Gasteiger partial charge in [0.05, 0.1) is 11.0 Å². The molecule has 0 bridgehead atoms. The highest BCUT2D eigenvalue weighted by atomic mass is 16.2. The fourth-order valence-corrected chi connectivity index (χ4v) is 2.43. The number of aromatic nitrogens is 2.